The van der Waals surface area contributed by atoms with Crippen molar-refractivity contribution in [1.82, 2.24) is 4.57 Å². The summed E-state index contributed by atoms with van der Waals surface area (Å²) < 4.78 is 39.7. The molecule has 0 fully saturated rings. The van der Waals surface area contributed by atoms with Crippen molar-refractivity contribution in [3.8, 4) is 5.75 Å². The molecule has 1 aromatic heterocycles. The first-order valence-corrected chi connectivity index (χ1v) is 13.5. The Morgan fingerprint density at radius 3 is 2.48 bits per heavy atom. The lowest BCUT2D eigenvalue weighted by atomic mass is 10.2. The van der Waals surface area contributed by atoms with Crippen molar-refractivity contribution < 1.29 is 26.6 Å². The summed E-state index contributed by atoms with van der Waals surface area (Å²) in [6.07, 6.45) is 4.48. The molecule has 1 rings (SSSR count). The van der Waals surface area contributed by atoms with Gasteiger partial charge in [0.15, 0.2) is 0 Å². The van der Waals surface area contributed by atoms with Crippen LogP contribution in [0.2, 0.25) is 18.1 Å². The highest BCUT2D eigenvalue weighted by Crippen LogP contribution is 2.37. The van der Waals surface area contributed by atoms with E-state index in [1.54, 1.807) is 12.3 Å². The summed E-state index contributed by atoms with van der Waals surface area (Å²) in [5, 5.41) is 0.0158. The first-order chi connectivity index (χ1) is 12.3. The molecule has 154 valence electrons. The van der Waals surface area contributed by atoms with Gasteiger partial charge in [0.05, 0.1) is 19.1 Å². The first-order valence-electron chi connectivity index (χ1n) is 8.79. The maximum Gasteiger partial charge on any atom is 0.418 e. The average Bonchev–Trinajstić information content (AvgIpc) is 2.89. The molecule has 0 aliphatic heterocycles. The smallest absolute Gasteiger partial charge is 0.418 e. The van der Waals surface area contributed by atoms with Gasteiger partial charge in [0.25, 0.3) is 18.4 Å². The second kappa shape index (κ2) is 9.07. The van der Waals surface area contributed by atoms with Gasteiger partial charge in [0, 0.05) is 11.8 Å². The molecule has 0 spiro atoms. The van der Waals surface area contributed by atoms with Crippen LogP contribution in [0.15, 0.2) is 24.9 Å². The molecule has 1 aromatic rings. The lowest BCUT2D eigenvalue weighted by molar-refractivity contribution is 0.159. The molecular weight excluding hydrogens is 386 g/mol. The molecule has 27 heavy (non-hydrogen) atoms. The van der Waals surface area contributed by atoms with E-state index in [0.717, 1.165) is 6.26 Å². The summed E-state index contributed by atoms with van der Waals surface area (Å²) >= 11 is 0. The summed E-state index contributed by atoms with van der Waals surface area (Å²) in [6.45, 7) is 14.3. The highest BCUT2D eigenvalue weighted by atomic mass is 32.2. The number of carbonyl (C=O) groups is 1. The Kier molecular flexibility index (Phi) is 7.88. The van der Waals surface area contributed by atoms with Gasteiger partial charge in [-0.1, -0.05) is 33.4 Å². The van der Waals surface area contributed by atoms with Crippen molar-refractivity contribution in [2.24, 2.45) is 0 Å². The van der Waals surface area contributed by atoms with Gasteiger partial charge in [-0.05, 0) is 31.0 Å². The van der Waals surface area contributed by atoms with Crippen molar-refractivity contribution in [3.05, 3.63) is 30.6 Å². The van der Waals surface area contributed by atoms with Crippen LogP contribution in [0.5, 0.6) is 5.75 Å². The van der Waals surface area contributed by atoms with Gasteiger partial charge >= 0.3 is 6.09 Å². The van der Waals surface area contributed by atoms with E-state index < -0.39 is 24.5 Å². The van der Waals surface area contributed by atoms with Crippen molar-refractivity contribution in [2.75, 3.05) is 19.5 Å². The monoisotopic (exact) mass is 417 g/mol. The van der Waals surface area contributed by atoms with Gasteiger partial charge in [0.2, 0.25) is 0 Å². The Bertz CT molecular complexity index is 761. The average molecular weight is 418 g/mol. The molecule has 0 aromatic carbocycles. The standard InChI is InChI=1S/C18H31NO6SSi/c1-8-11-23-17(20)19-14-16(25-27(6,7)18(2,3)4)13-15(19)10-9-12-24-26(5,21)22/h8,13-14H,1,9-12H2,2-7H3. The topological polar surface area (TPSA) is 83.8 Å². The Morgan fingerprint density at radius 1 is 1.33 bits per heavy atom. The Morgan fingerprint density at radius 2 is 1.96 bits per heavy atom. The molecule has 7 nitrogen and oxygen atoms in total. The molecular formula is C18H31NO6SSi. The maximum absolute atomic E-state index is 12.3. The zero-order valence-corrected chi connectivity index (χ0v) is 18.9. The fourth-order valence-electron chi connectivity index (χ4n) is 2.01. The van der Waals surface area contributed by atoms with E-state index in [1.165, 1.54) is 10.6 Å². The number of hydrogen-bond donors (Lipinski definition) is 0. The minimum atomic E-state index is -3.48. The number of ether oxygens (including phenoxy) is 1. The van der Waals surface area contributed by atoms with Crippen LogP contribution in [0.3, 0.4) is 0 Å². The SMILES string of the molecule is C=CCOC(=O)n1cc(O[Si](C)(C)C(C)(C)C)cc1CCCOS(C)(=O)=O. The van der Waals surface area contributed by atoms with Crippen LogP contribution in [0.4, 0.5) is 4.79 Å². The van der Waals surface area contributed by atoms with Gasteiger partial charge < -0.3 is 9.16 Å². The van der Waals surface area contributed by atoms with E-state index in [-0.39, 0.29) is 18.3 Å². The highest BCUT2D eigenvalue weighted by Gasteiger charge is 2.39. The molecule has 0 N–H and O–H groups in total. The molecule has 0 radical (unpaired) electrons. The van der Waals surface area contributed by atoms with Crippen LogP contribution in [-0.4, -0.2) is 46.9 Å². The number of rotatable bonds is 9. The van der Waals surface area contributed by atoms with E-state index in [0.29, 0.717) is 24.3 Å². The van der Waals surface area contributed by atoms with Crippen molar-refractivity contribution in [2.45, 2.75) is 51.7 Å². The number of aryl methyl sites for hydroxylation is 1. The van der Waals surface area contributed by atoms with Gasteiger partial charge in [0.1, 0.15) is 12.4 Å². The minimum Gasteiger partial charge on any atom is -0.542 e. The zero-order chi connectivity index (χ0) is 20.9. The van der Waals surface area contributed by atoms with Gasteiger partial charge in [-0.25, -0.2) is 4.79 Å². The van der Waals surface area contributed by atoms with Crippen molar-refractivity contribution in [1.29, 1.82) is 0 Å². The Hall–Kier alpha value is -1.58. The molecule has 0 atom stereocenters. The molecule has 9 heteroatoms. The van der Waals surface area contributed by atoms with Crippen molar-refractivity contribution in [3.63, 3.8) is 0 Å². The quantitative estimate of drug-likeness (QED) is 0.262. The lowest BCUT2D eigenvalue weighted by Crippen LogP contribution is -2.43. The lowest BCUT2D eigenvalue weighted by Gasteiger charge is -2.36. The van der Waals surface area contributed by atoms with E-state index in [9.17, 15) is 13.2 Å². The van der Waals surface area contributed by atoms with E-state index in [2.05, 4.69) is 40.4 Å². The number of aromatic nitrogens is 1. The summed E-state index contributed by atoms with van der Waals surface area (Å²) in [5.74, 6) is 0.608. The fourth-order valence-corrected chi connectivity index (χ4v) is 3.44. The highest BCUT2D eigenvalue weighted by molar-refractivity contribution is 7.85. The summed E-state index contributed by atoms with van der Waals surface area (Å²) in [7, 11) is -5.54. The van der Waals surface area contributed by atoms with Crippen LogP contribution in [-0.2, 0) is 25.5 Å². The summed E-state index contributed by atoms with van der Waals surface area (Å²) in [4.78, 5) is 12.3. The third kappa shape index (κ3) is 7.51. The number of carbonyl (C=O) groups excluding carboxylic acids is 1. The van der Waals surface area contributed by atoms with E-state index in [1.807, 2.05) is 0 Å². The predicted molar refractivity (Wildman–Crippen MR) is 108 cm³/mol. The Labute approximate surface area is 163 Å². The summed E-state index contributed by atoms with van der Waals surface area (Å²) in [5.41, 5.74) is 0.676. The molecule has 0 saturated carbocycles. The second-order valence-corrected chi connectivity index (χ2v) is 14.3. The largest absolute Gasteiger partial charge is 0.542 e. The van der Waals surface area contributed by atoms with Gasteiger partial charge in [-0.15, -0.1) is 0 Å². The Balaban J connectivity index is 2.99. The van der Waals surface area contributed by atoms with E-state index >= 15 is 0 Å². The van der Waals surface area contributed by atoms with Gasteiger partial charge in [-0.3, -0.25) is 8.75 Å². The van der Waals surface area contributed by atoms with E-state index in [4.69, 9.17) is 13.3 Å². The van der Waals surface area contributed by atoms with Crippen LogP contribution in [0.1, 0.15) is 32.9 Å². The normalized spacial score (nSPS) is 12.7. The van der Waals surface area contributed by atoms with Crippen LogP contribution >= 0.6 is 0 Å². The maximum atomic E-state index is 12.3. The minimum absolute atomic E-state index is 0.0158. The molecule has 0 bridgehead atoms. The molecule has 0 aliphatic rings. The third-order valence-corrected chi connectivity index (χ3v) is 9.40. The van der Waals surface area contributed by atoms with Gasteiger partial charge in [-0.2, -0.15) is 8.42 Å². The first kappa shape index (κ1) is 23.5. The summed E-state index contributed by atoms with van der Waals surface area (Å²) in [6, 6.07) is 1.80. The third-order valence-electron chi connectivity index (χ3n) is 4.45. The van der Waals surface area contributed by atoms with Crippen LogP contribution in [0, 0.1) is 0 Å². The molecule has 0 amide bonds. The molecule has 0 unspecified atom stereocenters. The predicted octanol–water partition coefficient (Wildman–Crippen LogP) is 3.95. The molecule has 0 aliphatic carbocycles. The molecule has 1 heterocycles. The van der Waals surface area contributed by atoms with Crippen LogP contribution in [0.25, 0.3) is 0 Å². The fraction of sp³-hybridized carbons (Fsp3) is 0.611. The molecule has 0 saturated heterocycles. The second-order valence-electron chi connectivity index (χ2n) is 7.89. The van der Waals surface area contributed by atoms with Crippen molar-refractivity contribution >= 4 is 24.5 Å². The number of hydrogen-bond acceptors (Lipinski definition) is 6. The zero-order valence-electron chi connectivity index (χ0n) is 17.1. The van der Waals surface area contributed by atoms with Crippen LogP contribution < -0.4 is 4.43 Å². The number of nitrogens with zero attached hydrogens (tertiary/aromatic N) is 1.